The van der Waals surface area contributed by atoms with Crippen LogP contribution >= 0.6 is 23.2 Å². The molecule has 0 bridgehead atoms. The normalized spacial score (nSPS) is 11.6. The number of carbonyl (C=O) groups is 2. The molecule has 0 fully saturated rings. The van der Waals surface area contributed by atoms with Crippen LogP contribution in [-0.4, -0.2) is 29.3 Å². The van der Waals surface area contributed by atoms with Gasteiger partial charge in [-0.1, -0.05) is 96.9 Å². The Labute approximate surface area is 205 Å². The number of hydrogen-bond acceptors (Lipinski definition) is 2. The molecule has 0 radical (unpaired) electrons. The van der Waals surface area contributed by atoms with Gasteiger partial charge < -0.3 is 10.2 Å². The average molecular weight is 483 g/mol. The predicted molar refractivity (Wildman–Crippen MR) is 134 cm³/mol. The van der Waals surface area contributed by atoms with E-state index in [-0.39, 0.29) is 24.8 Å². The van der Waals surface area contributed by atoms with Crippen molar-refractivity contribution in [2.45, 2.75) is 38.8 Å². The van der Waals surface area contributed by atoms with Crippen molar-refractivity contribution >= 4 is 35.0 Å². The molecule has 2 amide bonds. The molecule has 1 N–H and O–H groups in total. The molecule has 0 spiro atoms. The van der Waals surface area contributed by atoms with Crippen molar-refractivity contribution in [3.8, 4) is 0 Å². The summed E-state index contributed by atoms with van der Waals surface area (Å²) in [6.07, 6.45) is 1.43. The first-order chi connectivity index (χ1) is 16.0. The molecule has 0 saturated carbocycles. The Balaban J connectivity index is 1.95. The molecule has 1 unspecified atom stereocenters. The Morgan fingerprint density at radius 2 is 1.48 bits per heavy atom. The third-order valence-corrected chi connectivity index (χ3v) is 6.09. The average Bonchev–Trinajstić information content (AvgIpc) is 2.83. The van der Waals surface area contributed by atoms with Gasteiger partial charge in [0.1, 0.15) is 6.04 Å². The molecule has 33 heavy (non-hydrogen) atoms. The topological polar surface area (TPSA) is 49.4 Å². The Morgan fingerprint density at radius 1 is 0.848 bits per heavy atom. The van der Waals surface area contributed by atoms with E-state index in [1.807, 2.05) is 73.7 Å². The summed E-state index contributed by atoms with van der Waals surface area (Å²) in [4.78, 5) is 28.5. The summed E-state index contributed by atoms with van der Waals surface area (Å²) in [5.41, 5.74) is 2.70. The maximum Gasteiger partial charge on any atom is 0.243 e. The maximum atomic E-state index is 13.6. The Hall–Kier alpha value is -2.82. The van der Waals surface area contributed by atoms with Crippen LogP contribution in [-0.2, 0) is 29.0 Å². The summed E-state index contributed by atoms with van der Waals surface area (Å²) in [6.45, 7) is 2.80. The first-order valence-electron chi connectivity index (χ1n) is 11.1. The molecule has 3 aromatic carbocycles. The van der Waals surface area contributed by atoms with Crippen molar-refractivity contribution in [1.29, 1.82) is 0 Å². The van der Waals surface area contributed by atoms with Gasteiger partial charge >= 0.3 is 0 Å². The minimum atomic E-state index is -0.662. The maximum absolute atomic E-state index is 13.6. The van der Waals surface area contributed by atoms with Crippen LogP contribution in [0.25, 0.3) is 0 Å². The van der Waals surface area contributed by atoms with E-state index in [0.717, 1.165) is 23.1 Å². The smallest absolute Gasteiger partial charge is 0.243 e. The highest BCUT2D eigenvalue weighted by Gasteiger charge is 2.30. The highest BCUT2D eigenvalue weighted by atomic mass is 35.5. The van der Waals surface area contributed by atoms with Gasteiger partial charge in [0.2, 0.25) is 11.8 Å². The third kappa shape index (κ3) is 7.34. The molecule has 0 saturated heterocycles. The van der Waals surface area contributed by atoms with Crippen molar-refractivity contribution in [3.05, 3.63) is 106 Å². The molecule has 4 nitrogen and oxygen atoms in total. The SMILES string of the molecule is CCCNC(=O)C(Cc1ccccc1)N(Cc1ccc(Cl)c(Cl)c1)C(=O)Cc1ccccc1. The monoisotopic (exact) mass is 482 g/mol. The minimum absolute atomic E-state index is 0.125. The second-order valence-corrected chi connectivity index (χ2v) is 8.74. The van der Waals surface area contributed by atoms with Crippen molar-refractivity contribution in [3.63, 3.8) is 0 Å². The number of benzene rings is 3. The van der Waals surface area contributed by atoms with Crippen LogP contribution < -0.4 is 5.32 Å². The van der Waals surface area contributed by atoms with Gasteiger partial charge in [0.15, 0.2) is 0 Å². The lowest BCUT2D eigenvalue weighted by atomic mass is 10.0. The molecule has 3 rings (SSSR count). The largest absolute Gasteiger partial charge is 0.354 e. The lowest BCUT2D eigenvalue weighted by Gasteiger charge is -2.32. The highest BCUT2D eigenvalue weighted by molar-refractivity contribution is 6.42. The molecule has 0 aliphatic carbocycles. The number of halogens is 2. The van der Waals surface area contributed by atoms with Crippen LogP contribution in [0.2, 0.25) is 10.0 Å². The molecule has 3 aromatic rings. The van der Waals surface area contributed by atoms with Gasteiger partial charge in [-0.25, -0.2) is 0 Å². The number of nitrogens with one attached hydrogen (secondary N) is 1. The summed E-state index contributed by atoms with van der Waals surface area (Å²) in [7, 11) is 0. The van der Waals surface area contributed by atoms with Crippen LogP contribution in [0, 0.1) is 0 Å². The Bertz CT molecular complexity index is 1060. The zero-order chi connectivity index (χ0) is 23.6. The van der Waals surface area contributed by atoms with E-state index in [2.05, 4.69) is 5.32 Å². The van der Waals surface area contributed by atoms with Gasteiger partial charge in [-0.2, -0.15) is 0 Å². The second kappa shape index (κ2) is 12.4. The van der Waals surface area contributed by atoms with Gasteiger partial charge in [0.05, 0.1) is 16.5 Å². The molecule has 0 heterocycles. The van der Waals surface area contributed by atoms with Crippen LogP contribution in [0.1, 0.15) is 30.0 Å². The van der Waals surface area contributed by atoms with Gasteiger partial charge in [0.25, 0.3) is 0 Å². The quantitative estimate of drug-likeness (QED) is 0.402. The summed E-state index contributed by atoms with van der Waals surface area (Å²) in [5.74, 6) is -0.290. The van der Waals surface area contributed by atoms with E-state index in [4.69, 9.17) is 23.2 Å². The summed E-state index contributed by atoms with van der Waals surface area (Å²) < 4.78 is 0. The van der Waals surface area contributed by atoms with E-state index in [0.29, 0.717) is 23.0 Å². The number of carbonyl (C=O) groups excluding carboxylic acids is 2. The first-order valence-corrected chi connectivity index (χ1v) is 11.8. The highest BCUT2D eigenvalue weighted by Crippen LogP contribution is 2.24. The predicted octanol–water partition coefficient (Wildman–Crippen LogP) is 5.70. The number of amides is 2. The molecule has 0 aromatic heterocycles. The lowest BCUT2D eigenvalue weighted by molar-refractivity contribution is -0.140. The van der Waals surface area contributed by atoms with Crippen molar-refractivity contribution in [2.75, 3.05) is 6.54 Å². The van der Waals surface area contributed by atoms with Crippen LogP contribution in [0.3, 0.4) is 0 Å². The van der Waals surface area contributed by atoms with E-state index in [1.165, 1.54) is 0 Å². The molecular weight excluding hydrogens is 455 g/mol. The van der Waals surface area contributed by atoms with Gasteiger partial charge in [-0.15, -0.1) is 0 Å². The van der Waals surface area contributed by atoms with Gasteiger partial charge in [-0.3, -0.25) is 9.59 Å². The second-order valence-electron chi connectivity index (χ2n) is 7.93. The van der Waals surface area contributed by atoms with E-state index < -0.39 is 6.04 Å². The van der Waals surface area contributed by atoms with E-state index in [1.54, 1.807) is 17.0 Å². The van der Waals surface area contributed by atoms with Crippen molar-refractivity contribution in [1.82, 2.24) is 10.2 Å². The van der Waals surface area contributed by atoms with E-state index in [9.17, 15) is 9.59 Å². The molecule has 0 aliphatic rings. The lowest BCUT2D eigenvalue weighted by Crippen LogP contribution is -2.51. The molecule has 6 heteroatoms. The van der Waals surface area contributed by atoms with Gasteiger partial charge in [-0.05, 0) is 35.2 Å². The van der Waals surface area contributed by atoms with Crippen LogP contribution in [0.4, 0.5) is 0 Å². The number of nitrogens with zero attached hydrogens (tertiary/aromatic N) is 1. The third-order valence-electron chi connectivity index (χ3n) is 5.36. The van der Waals surface area contributed by atoms with Crippen LogP contribution in [0.5, 0.6) is 0 Å². The number of rotatable bonds is 10. The molecule has 172 valence electrons. The standard InChI is InChI=1S/C27H28Cl2N2O2/c1-2-15-30-27(33)25(17-20-9-5-3-6-10-20)31(19-22-13-14-23(28)24(29)16-22)26(32)18-21-11-7-4-8-12-21/h3-14,16,25H,2,15,17-19H2,1H3,(H,30,33). The zero-order valence-electron chi connectivity index (χ0n) is 18.6. The van der Waals surface area contributed by atoms with Crippen molar-refractivity contribution < 1.29 is 9.59 Å². The molecule has 0 aliphatic heterocycles. The summed E-state index contributed by atoms with van der Waals surface area (Å²) in [5, 5.41) is 3.84. The minimum Gasteiger partial charge on any atom is -0.354 e. The van der Waals surface area contributed by atoms with E-state index >= 15 is 0 Å². The molecule has 1 atom stereocenters. The van der Waals surface area contributed by atoms with Crippen molar-refractivity contribution in [2.24, 2.45) is 0 Å². The van der Waals surface area contributed by atoms with Gasteiger partial charge in [0, 0.05) is 19.5 Å². The number of hydrogen-bond donors (Lipinski definition) is 1. The Kier molecular flexibility index (Phi) is 9.35. The summed E-state index contributed by atoms with van der Waals surface area (Å²) >= 11 is 12.3. The Morgan fingerprint density at radius 3 is 2.09 bits per heavy atom. The fourth-order valence-electron chi connectivity index (χ4n) is 3.63. The zero-order valence-corrected chi connectivity index (χ0v) is 20.1. The first kappa shape index (κ1) is 24.8. The fraction of sp³-hybridized carbons (Fsp3) is 0.259. The van der Waals surface area contributed by atoms with Crippen LogP contribution in [0.15, 0.2) is 78.9 Å². The summed E-state index contributed by atoms with van der Waals surface area (Å²) in [6, 6.07) is 23.9. The fourth-order valence-corrected chi connectivity index (χ4v) is 3.95. The molecular formula is C27H28Cl2N2O2.